The molecular weight excluding hydrogens is 645 g/mol. The highest BCUT2D eigenvalue weighted by atomic mass is 16.8. The van der Waals surface area contributed by atoms with Crippen molar-refractivity contribution in [2.45, 2.75) is 108 Å². The van der Waals surface area contributed by atoms with Gasteiger partial charge in [-0.1, -0.05) is 77.1 Å². The van der Waals surface area contributed by atoms with E-state index >= 15 is 0 Å². The molecule has 2 saturated heterocycles. The fourth-order valence-corrected chi connectivity index (χ4v) is 6.58. The molecule has 5 N–H and O–H groups in total. The molecule has 49 heavy (non-hydrogen) atoms. The Kier molecular flexibility index (Phi) is 12.5. The average Bonchev–Trinajstić information content (AvgIpc) is 3.25. The van der Waals surface area contributed by atoms with Crippen LogP contribution in [0.25, 0.3) is 0 Å². The number of aliphatic hydroxyl groups is 2. The summed E-state index contributed by atoms with van der Waals surface area (Å²) in [6.07, 6.45) is -4.83. The van der Waals surface area contributed by atoms with Crippen molar-refractivity contribution in [2.75, 3.05) is 0 Å². The Bertz CT molecular complexity index is 1440. The number of benzene rings is 1. The van der Waals surface area contributed by atoms with E-state index in [1.54, 1.807) is 6.92 Å². The van der Waals surface area contributed by atoms with E-state index in [1.165, 1.54) is 13.0 Å². The smallest absolute Gasteiger partial charge is 0.344 e. The van der Waals surface area contributed by atoms with Crippen LogP contribution in [0.2, 0.25) is 0 Å². The second-order valence-electron chi connectivity index (χ2n) is 13.1. The molecule has 0 aliphatic carbocycles. The molecule has 10 atom stereocenters. The van der Waals surface area contributed by atoms with Crippen molar-refractivity contribution in [1.29, 1.82) is 0 Å². The van der Waals surface area contributed by atoms with E-state index < -0.39 is 77.7 Å². The van der Waals surface area contributed by atoms with Crippen LogP contribution in [0, 0.1) is 17.8 Å². The lowest BCUT2D eigenvalue weighted by atomic mass is 9.74. The van der Waals surface area contributed by atoms with E-state index in [0.717, 1.165) is 18.1 Å². The molecule has 0 radical (unpaired) electrons. The monoisotopic (exact) mass is 691 g/mol. The summed E-state index contributed by atoms with van der Waals surface area (Å²) in [5.74, 6) is -11.3. The number of carbonyl (C=O) groups excluding carboxylic acids is 2. The molecule has 2 aliphatic heterocycles. The quantitative estimate of drug-likeness (QED) is 0.0686. The molecule has 0 aromatic heterocycles. The molecule has 0 unspecified atom stereocenters. The van der Waals surface area contributed by atoms with Crippen LogP contribution in [-0.4, -0.2) is 96.8 Å². The number of carbonyl (C=O) groups is 5. The summed E-state index contributed by atoms with van der Waals surface area (Å²) < 4.78 is 22.0. The molecule has 0 saturated carbocycles. The fourth-order valence-electron chi connectivity index (χ4n) is 6.58. The topological polar surface area (TPSA) is 223 Å². The van der Waals surface area contributed by atoms with Gasteiger partial charge in [-0.3, -0.25) is 4.79 Å². The van der Waals surface area contributed by atoms with Gasteiger partial charge in [0.15, 0.2) is 6.10 Å². The largest absolute Gasteiger partial charge is 0.479 e. The highest BCUT2D eigenvalue weighted by Gasteiger charge is 2.85. The number of hydrogen-bond acceptors (Lipinski definition) is 11. The minimum atomic E-state index is -3.90. The molecule has 1 aromatic carbocycles. The maximum absolute atomic E-state index is 13.0. The summed E-state index contributed by atoms with van der Waals surface area (Å²) in [6, 6.07) is 9.29. The van der Waals surface area contributed by atoms with E-state index in [0.29, 0.717) is 18.8 Å². The van der Waals surface area contributed by atoms with Crippen molar-refractivity contribution in [3.63, 3.8) is 0 Å². The van der Waals surface area contributed by atoms with Crippen molar-refractivity contribution >= 4 is 29.8 Å². The third kappa shape index (κ3) is 7.88. The van der Waals surface area contributed by atoms with Gasteiger partial charge in [-0.15, -0.1) is 0 Å². The lowest BCUT2D eigenvalue weighted by Gasteiger charge is -2.48. The summed E-state index contributed by atoms with van der Waals surface area (Å²) in [5, 5.41) is 53.5. The van der Waals surface area contributed by atoms with Gasteiger partial charge in [0.2, 0.25) is 23.1 Å². The van der Waals surface area contributed by atoms with E-state index in [1.807, 2.05) is 51.1 Å². The molecule has 270 valence electrons. The minimum absolute atomic E-state index is 0.123. The Labute approximate surface area is 284 Å². The Morgan fingerprint density at radius 3 is 2.20 bits per heavy atom. The van der Waals surface area contributed by atoms with Gasteiger partial charge in [0.1, 0.15) is 12.2 Å². The predicted molar refractivity (Wildman–Crippen MR) is 171 cm³/mol. The third-order valence-corrected chi connectivity index (χ3v) is 9.29. The van der Waals surface area contributed by atoms with Crippen LogP contribution in [0.15, 0.2) is 54.6 Å². The van der Waals surface area contributed by atoms with Gasteiger partial charge >= 0.3 is 29.8 Å². The zero-order valence-electron chi connectivity index (χ0n) is 28.2. The normalized spacial score (nSPS) is 30.1. The number of rotatable bonds is 17. The first-order chi connectivity index (χ1) is 22.9. The Morgan fingerprint density at radius 2 is 1.67 bits per heavy atom. The maximum Gasteiger partial charge on any atom is 0.344 e. The maximum atomic E-state index is 13.0. The number of carboxylic acid groups (broad SMARTS) is 3. The molecular formula is C35H46O14. The van der Waals surface area contributed by atoms with Crippen LogP contribution in [0.4, 0.5) is 0 Å². The van der Waals surface area contributed by atoms with Crippen molar-refractivity contribution < 1.29 is 68.5 Å². The van der Waals surface area contributed by atoms with Crippen molar-refractivity contribution in [3.8, 4) is 0 Å². The number of hydrogen-bond donors (Lipinski definition) is 5. The van der Waals surface area contributed by atoms with Crippen molar-refractivity contribution in [3.05, 3.63) is 60.2 Å². The SMILES string of the molecule is C=C(CC[C@]12O[C@H](C(=O)O)[C@@](O)(C(=O)O)[C@](C(=O)O)(O1)[C@H](OC(=O)/C=C/[C@@H](C)C[C@@H](C)CC)[C@H]2O)[C@@H](OC(C)=O)[C@H](C)[13CH2]c1ccccc1. The Morgan fingerprint density at radius 1 is 1.04 bits per heavy atom. The van der Waals surface area contributed by atoms with Crippen LogP contribution in [0.1, 0.15) is 65.9 Å². The number of carboxylic acids is 3. The van der Waals surface area contributed by atoms with E-state index in [2.05, 4.69) is 6.58 Å². The van der Waals surface area contributed by atoms with Crippen LogP contribution in [0.3, 0.4) is 0 Å². The fraction of sp³-hybridized carbons (Fsp3) is 0.571. The standard InChI is InChI=1S/C35H46O14/c1-7-19(2)17-20(3)13-14-25(37)47-28-27(38)33(48-29(30(39)40)34(45,31(41)42)35(28,49-33)32(43)44)16-15-21(4)26(46-23(6)36)22(5)18-24-11-9-8-10-12-24/h8-14,19-20,22,26-29,38,45H,4,7,15-18H2,1-3,5-6H3,(H,39,40)(H,41,42)(H,43,44)/b14-13+/t19-,20+,22+,26+,27+,28+,29+,33-,34+,35-/m0/s1/i18+1. The van der Waals surface area contributed by atoms with E-state index in [4.69, 9.17) is 18.9 Å². The van der Waals surface area contributed by atoms with Gasteiger partial charge in [0, 0.05) is 25.3 Å². The van der Waals surface area contributed by atoms with Gasteiger partial charge < -0.3 is 44.5 Å². The molecule has 2 bridgehead atoms. The third-order valence-electron chi connectivity index (χ3n) is 9.29. The van der Waals surface area contributed by atoms with Gasteiger partial charge in [-0.2, -0.15) is 0 Å². The predicted octanol–water partition coefficient (Wildman–Crippen LogP) is 2.88. The first-order valence-corrected chi connectivity index (χ1v) is 16.1. The summed E-state index contributed by atoms with van der Waals surface area (Å²) in [7, 11) is 0. The van der Waals surface area contributed by atoms with Gasteiger partial charge in [0.25, 0.3) is 0 Å². The second-order valence-corrected chi connectivity index (χ2v) is 13.1. The zero-order chi connectivity index (χ0) is 36.9. The average molecular weight is 692 g/mol. The zero-order valence-corrected chi connectivity index (χ0v) is 28.2. The number of allylic oxidation sites excluding steroid dienone is 1. The number of fused-ring (bicyclic) bond motifs is 2. The highest BCUT2D eigenvalue weighted by molar-refractivity contribution is 5.98. The summed E-state index contributed by atoms with van der Waals surface area (Å²) in [5.41, 5.74) is -6.27. The number of esters is 2. The minimum Gasteiger partial charge on any atom is -0.479 e. The lowest BCUT2D eigenvalue weighted by molar-refractivity contribution is -0.374. The van der Waals surface area contributed by atoms with Crippen molar-refractivity contribution in [1.82, 2.24) is 0 Å². The number of aliphatic carboxylic acids is 3. The molecule has 1 aromatic rings. The number of ether oxygens (including phenoxy) is 4. The van der Waals surface area contributed by atoms with Crippen LogP contribution in [0.5, 0.6) is 0 Å². The van der Waals surface area contributed by atoms with Gasteiger partial charge in [0.05, 0.1) is 0 Å². The molecule has 3 rings (SSSR count). The van der Waals surface area contributed by atoms with Gasteiger partial charge in [-0.25, -0.2) is 19.2 Å². The number of aliphatic hydroxyl groups excluding tert-OH is 1. The summed E-state index contributed by atoms with van der Waals surface area (Å²) >= 11 is 0. The second kappa shape index (κ2) is 15.6. The molecule has 14 nitrogen and oxygen atoms in total. The first kappa shape index (κ1) is 39.3. The summed E-state index contributed by atoms with van der Waals surface area (Å²) in [4.78, 5) is 63.0. The van der Waals surface area contributed by atoms with Crippen LogP contribution >= 0.6 is 0 Å². The highest BCUT2D eigenvalue weighted by Crippen LogP contribution is 2.56. The van der Waals surface area contributed by atoms with Crippen LogP contribution in [-0.2, 0) is 49.3 Å². The van der Waals surface area contributed by atoms with E-state index in [9.17, 15) is 49.5 Å². The molecule has 14 heteroatoms. The molecule has 0 amide bonds. The Balaban J connectivity index is 2.02. The molecule has 0 spiro atoms. The first-order valence-electron chi connectivity index (χ1n) is 16.1. The van der Waals surface area contributed by atoms with Crippen molar-refractivity contribution in [2.24, 2.45) is 17.8 Å². The molecule has 2 heterocycles. The molecule has 2 fully saturated rings. The van der Waals surface area contributed by atoms with E-state index in [-0.39, 0.29) is 23.8 Å². The summed E-state index contributed by atoms with van der Waals surface area (Å²) in [6.45, 7) is 12.9. The lowest BCUT2D eigenvalue weighted by Crippen LogP contribution is -2.78. The molecule has 2 aliphatic rings. The Hall–Kier alpha value is -4.11. The van der Waals surface area contributed by atoms with Crippen LogP contribution < -0.4 is 0 Å². The van der Waals surface area contributed by atoms with Gasteiger partial charge in [-0.05, 0) is 42.2 Å².